The highest BCUT2D eigenvalue weighted by atomic mass is 32.1. The molecule has 7 heteroatoms. The Morgan fingerprint density at radius 3 is 2.86 bits per heavy atom. The Morgan fingerprint density at radius 1 is 1.27 bits per heavy atom. The fourth-order valence-corrected chi connectivity index (χ4v) is 2.79. The Hall–Kier alpha value is -2.67. The molecule has 3 rings (SSSR count). The Labute approximate surface area is 130 Å². The van der Waals surface area contributed by atoms with Gasteiger partial charge in [-0.25, -0.2) is 4.98 Å². The SMILES string of the molecule is CCC(=O)Nc1nc2ccc(NC(=O)c3ccco3)cc2s1. The van der Waals surface area contributed by atoms with E-state index in [2.05, 4.69) is 15.6 Å². The molecule has 0 aliphatic rings. The third-order valence-electron chi connectivity index (χ3n) is 2.96. The third kappa shape index (κ3) is 2.99. The highest BCUT2D eigenvalue weighted by Crippen LogP contribution is 2.28. The summed E-state index contributed by atoms with van der Waals surface area (Å²) in [5, 5.41) is 6.04. The number of hydrogen-bond donors (Lipinski definition) is 2. The number of anilines is 2. The molecule has 1 aromatic carbocycles. The number of amides is 2. The van der Waals surface area contributed by atoms with Crippen molar-refractivity contribution in [3.8, 4) is 0 Å². The summed E-state index contributed by atoms with van der Waals surface area (Å²) in [4.78, 5) is 27.6. The predicted octanol–water partition coefficient (Wildman–Crippen LogP) is 3.49. The van der Waals surface area contributed by atoms with E-state index in [1.54, 1.807) is 31.2 Å². The first-order chi connectivity index (χ1) is 10.7. The van der Waals surface area contributed by atoms with Crippen LogP contribution in [0.3, 0.4) is 0 Å². The largest absolute Gasteiger partial charge is 0.459 e. The van der Waals surface area contributed by atoms with Crippen LogP contribution in [0, 0.1) is 0 Å². The number of rotatable bonds is 4. The van der Waals surface area contributed by atoms with Crippen molar-refractivity contribution in [2.24, 2.45) is 0 Å². The van der Waals surface area contributed by atoms with Gasteiger partial charge in [-0.15, -0.1) is 0 Å². The van der Waals surface area contributed by atoms with E-state index in [0.717, 1.165) is 10.2 Å². The average molecular weight is 315 g/mol. The van der Waals surface area contributed by atoms with Crippen LogP contribution in [0.1, 0.15) is 23.9 Å². The molecule has 0 saturated heterocycles. The molecule has 22 heavy (non-hydrogen) atoms. The number of carbonyl (C=O) groups excluding carboxylic acids is 2. The third-order valence-corrected chi connectivity index (χ3v) is 3.89. The van der Waals surface area contributed by atoms with Crippen molar-refractivity contribution in [3.63, 3.8) is 0 Å². The average Bonchev–Trinajstić information content (AvgIpc) is 3.15. The number of nitrogens with zero attached hydrogens (tertiary/aromatic N) is 1. The van der Waals surface area contributed by atoms with Crippen molar-refractivity contribution in [1.29, 1.82) is 0 Å². The Balaban J connectivity index is 1.80. The minimum atomic E-state index is -0.312. The summed E-state index contributed by atoms with van der Waals surface area (Å²) >= 11 is 1.36. The van der Waals surface area contributed by atoms with Gasteiger partial charge in [0.15, 0.2) is 10.9 Å². The smallest absolute Gasteiger partial charge is 0.291 e. The molecule has 0 unspecified atom stereocenters. The lowest BCUT2D eigenvalue weighted by atomic mass is 10.3. The molecule has 6 nitrogen and oxygen atoms in total. The molecule has 0 fully saturated rings. The van der Waals surface area contributed by atoms with E-state index in [-0.39, 0.29) is 17.6 Å². The summed E-state index contributed by atoms with van der Waals surface area (Å²) in [6.45, 7) is 1.78. The van der Waals surface area contributed by atoms with Crippen LogP contribution in [-0.2, 0) is 4.79 Å². The van der Waals surface area contributed by atoms with Crippen molar-refractivity contribution < 1.29 is 14.0 Å². The summed E-state index contributed by atoms with van der Waals surface area (Å²) < 4.78 is 5.92. The first-order valence-electron chi connectivity index (χ1n) is 6.71. The molecule has 112 valence electrons. The summed E-state index contributed by atoms with van der Waals surface area (Å²) in [6.07, 6.45) is 1.85. The van der Waals surface area contributed by atoms with Crippen LogP contribution in [0.15, 0.2) is 41.0 Å². The van der Waals surface area contributed by atoms with E-state index in [1.165, 1.54) is 17.6 Å². The van der Waals surface area contributed by atoms with Crippen molar-refractivity contribution in [1.82, 2.24) is 4.98 Å². The lowest BCUT2D eigenvalue weighted by Crippen LogP contribution is -2.10. The van der Waals surface area contributed by atoms with Crippen LogP contribution in [-0.4, -0.2) is 16.8 Å². The van der Waals surface area contributed by atoms with Crippen LogP contribution in [0.4, 0.5) is 10.8 Å². The molecule has 2 N–H and O–H groups in total. The highest BCUT2D eigenvalue weighted by molar-refractivity contribution is 7.22. The molecule has 0 bridgehead atoms. The molecule has 0 spiro atoms. The van der Waals surface area contributed by atoms with Crippen molar-refractivity contribution in [3.05, 3.63) is 42.4 Å². The summed E-state index contributed by atoms with van der Waals surface area (Å²) in [5.41, 5.74) is 1.42. The van der Waals surface area contributed by atoms with Gasteiger partial charge in [-0.3, -0.25) is 9.59 Å². The number of hydrogen-bond acceptors (Lipinski definition) is 5. The van der Waals surface area contributed by atoms with Gasteiger partial charge in [-0.05, 0) is 30.3 Å². The predicted molar refractivity (Wildman–Crippen MR) is 85.2 cm³/mol. The van der Waals surface area contributed by atoms with Gasteiger partial charge in [0, 0.05) is 12.1 Å². The van der Waals surface area contributed by atoms with Crippen LogP contribution in [0.2, 0.25) is 0 Å². The second-order valence-electron chi connectivity index (χ2n) is 4.53. The second-order valence-corrected chi connectivity index (χ2v) is 5.57. The Morgan fingerprint density at radius 2 is 2.14 bits per heavy atom. The van der Waals surface area contributed by atoms with E-state index in [9.17, 15) is 9.59 Å². The Bertz CT molecular complexity index is 824. The van der Waals surface area contributed by atoms with E-state index < -0.39 is 0 Å². The van der Waals surface area contributed by atoms with Gasteiger partial charge in [-0.2, -0.15) is 0 Å². The standard InChI is InChI=1S/C15H13N3O3S/c1-2-13(19)18-15-17-10-6-5-9(8-12(10)22-15)16-14(20)11-4-3-7-21-11/h3-8H,2H2,1H3,(H,16,20)(H,17,18,19). The van der Waals surface area contributed by atoms with E-state index in [0.29, 0.717) is 17.2 Å². The Kier molecular flexibility index (Phi) is 3.88. The summed E-state index contributed by atoms with van der Waals surface area (Å²) in [5.74, 6) is -0.140. The van der Waals surface area contributed by atoms with Crippen LogP contribution >= 0.6 is 11.3 Å². The monoisotopic (exact) mass is 315 g/mol. The number of fused-ring (bicyclic) bond motifs is 1. The van der Waals surface area contributed by atoms with Crippen molar-refractivity contribution in [2.45, 2.75) is 13.3 Å². The number of carbonyl (C=O) groups is 2. The molecule has 0 atom stereocenters. The molecule has 2 amide bonds. The van der Waals surface area contributed by atoms with Gasteiger partial charge in [-0.1, -0.05) is 18.3 Å². The van der Waals surface area contributed by atoms with Gasteiger partial charge in [0.25, 0.3) is 5.91 Å². The number of thiazole rings is 1. The molecular formula is C15H13N3O3S. The topological polar surface area (TPSA) is 84.2 Å². The fourth-order valence-electron chi connectivity index (χ4n) is 1.86. The second kappa shape index (κ2) is 5.98. The molecule has 0 saturated carbocycles. The minimum Gasteiger partial charge on any atom is -0.459 e. The lowest BCUT2D eigenvalue weighted by molar-refractivity contribution is -0.115. The van der Waals surface area contributed by atoms with Gasteiger partial charge in [0.2, 0.25) is 5.91 Å². The highest BCUT2D eigenvalue weighted by Gasteiger charge is 2.11. The van der Waals surface area contributed by atoms with Crippen molar-refractivity contribution in [2.75, 3.05) is 10.6 Å². The molecule has 3 aromatic rings. The van der Waals surface area contributed by atoms with E-state index in [4.69, 9.17) is 4.42 Å². The first kappa shape index (κ1) is 14.3. The van der Waals surface area contributed by atoms with Gasteiger partial charge in [0.1, 0.15) is 0 Å². The van der Waals surface area contributed by atoms with Crippen LogP contribution < -0.4 is 10.6 Å². The van der Waals surface area contributed by atoms with E-state index in [1.807, 2.05) is 6.07 Å². The molecule has 2 aromatic heterocycles. The number of furan rings is 1. The zero-order chi connectivity index (χ0) is 15.5. The first-order valence-corrected chi connectivity index (χ1v) is 7.52. The molecular weight excluding hydrogens is 302 g/mol. The maximum Gasteiger partial charge on any atom is 0.291 e. The fraction of sp³-hybridized carbons (Fsp3) is 0.133. The minimum absolute atomic E-state index is 0.0783. The summed E-state index contributed by atoms with van der Waals surface area (Å²) in [6, 6.07) is 8.62. The molecule has 0 aliphatic carbocycles. The molecule has 0 radical (unpaired) electrons. The lowest BCUT2D eigenvalue weighted by Gasteiger charge is -2.02. The van der Waals surface area contributed by atoms with Crippen molar-refractivity contribution >= 4 is 44.2 Å². The van der Waals surface area contributed by atoms with Gasteiger partial charge in [0.05, 0.1) is 16.5 Å². The van der Waals surface area contributed by atoms with Crippen LogP contribution in [0.5, 0.6) is 0 Å². The zero-order valence-corrected chi connectivity index (χ0v) is 12.6. The van der Waals surface area contributed by atoms with Gasteiger partial charge >= 0.3 is 0 Å². The molecule has 0 aliphatic heterocycles. The van der Waals surface area contributed by atoms with Gasteiger partial charge < -0.3 is 15.1 Å². The number of nitrogens with one attached hydrogen (secondary N) is 2. The normalized spacial score (nSPS) is 10.6. The zero-order valence-electron chi connectivity index (χ0n) is 11.8. The van der Waals surface area contributed by atoms with E-state index >= 15 is 0 Å². The van der Waals surface area contributed by atoms with Crippen LogP contribution in [0.25, 0.3) is 10.2 Å². The maximum atomic E-state index is 11.9. The number of aromatic nitrogens is 1. The maximum absolute atomic E-state index is 11.9. The molecule has 2 heterocycles. The number of benzene rings is 1. The quantitative estimate of drug-likeness (QED) is 0.772. The summed E-state index contributed by atoms with van der Waals surface area (Å²) in [7, 11) is 0.